The third-order valence-electron chi connectivity index (χ3n) is 10.4. The van der Waals surface area contributed by atoms with Crippen molar-refractivity contribution in [2.75, 3.05) is 20.3 Å². The van der Waals surface area contributed by atoms with Gasteiger partial charge in [-0.2, -0.15) is 0 Å². The van der Waals surface area contributed by atoms with Crippen molar-refractivity contribution in [3.63, 3.8) is 0 Å². The summed E-state index contributed by atoms with van der Waals surface area (Å²) in [4.78, 5) is 77.7. The van der Waals surface area contributed by atoms with Crippen molar-refractivity contribution in [3.8, 4) is 0 Å². The van der Waals surface area contributed by atoms with Gasteiger partial charge in [-0.05, 0) is 16.7 Å². The molecule has 2 N–H and O–H groups in total. The number of hydrogen-bond donors (Lipinski definition) is 2. The minimum atomic E-state index is -2.73. The molecule has 11 atom stereocenters. The highest BCUT2D eigenvalue weighted by Gasteiger charge is 2.62. The fraction of sp³-hybridized carbons (Fsp3) is 0.489. The molecule has 19 heteroatoms. The third-order valence-corrected chi connectivity index (χ3v) is 10.4. The predicted octanol–water partition coefficient (Wildman–Crippen LogP) is 3.00. The maximum absolute atomic E-state index is 14.5. The fourth-order valence-corrected chi connectivity index (χ4v) is 7.60. The lowest BCUT2D eigenvalue weighted by Crippen LogP contribution is -2.71. The van der Waals surface area contributed by atoms with Gasteiger partial charge in [0.2, 0.25) is 5.91 Å². The Morgan fingerprint density at radius 3 is 1.80 bits per heavy atom. The zero-order valence-electron chi connectivity index (χ0n) is 37.6. The van der Waals surface area contributed by atoms with Gasteiger partial charge in [0.1, 0.15) is 43.2 Å². The first-order valence-corrected chi connectivity index (χ1v) is 21.2. The van der Waals surface area contributed by atoms with Gasteiger partial charge < -0.3 is 62.5 Å². The number of nitrogens with one attached hydrogen (secondary N) is 1. The van der Waals surface area contributed by atoms with E-state index in [2.05, 4.69) is 5.32 Å². The number of rotatable bonds is 21. The maximum Gasteiger partial charge on any atom is 0.366 e. The minimum Gasteiger partial charge on any atom is -0.465 e. The lowest BCUT2D eigenvalue weighted by molar-refractivity contribution is -0.376. The molecule has 0 unspecified atom stereocenters. The molecule has 1 amide bonds. The Kier molecular flexibility index (Phi) is 19.1. The summed E-state index contributed by atoms with van der Waals surface area (Å²) in [5, 5.41) is 15.0. The van der Waals surface area contributed by atoms with Crippen LogP contribution in [-0.2, 0) is 101 Å². The van der Waals surface area contributed by atoms with E-state index in [9.17, 15) is 33.9 Å². The van der Waals surface area contributed by atoms with Gasteiger partial charge in [0.25, 0.3) is 5.79 Å². The van der Waals surface area contributed by atoms with E-state index >= 15 is 0 Å². The van der Waals surface area contributed by atoms with Crippen molar-refractivity contribution in [3.05, 3.63) is 108 Å². The summed E-state index contributed by atoms with van der Waals surface area (Å²) in [6, 6.07) is 26.0. The van der Waals surface area contributed by atoms with E-state index in [1.165, 1.54) is 0 Å². The molecule has 19 nitrogen and oxygen atoms in total. The molecule has 66 heavy (non-hydrogen) atoms. The monoisotopic (exact) mass is 923 g/mol. The van der Waals surface area contributed by atoms with Crippen LogP contribution in [0.1, 0.15) is 57.7 Å². The smallest absolute Gasteiger partial charge is 0.366 e. The largest absolute Gasteiger partial charge is 0.465 e. The lowest BCUT2D eigenvalue weighted by Gasteiger charge is -2.51. The van der Waals surface area contributed by atoms with E-state index in [0.29, 0.717) is 5.56 Å². The summed E-state index contributed by atoms with van der Waals surface area (Å²) in [6.07, 6.45) is -14.8. The first kappa shape index (κ1) is 51.2. The zero-order valence-corrected chi connectivity index (χ0v) is 37.6. The predicted molar refractivity (Wildman–Crippen MR) is 227 cm³/mol. The standard InChI is InChI=1S/C47H57NO18/c1-28(49)48-39-36(61-30(3)51)22-47(46(55)56-6,65-42(39)41(63-32(5)53)38(62-31(4)52)27-58-29(2)50)66-43-40(54)37(26-57-23-33-16-10-7-11-17-33)64-45(60-25-35-20-14-9-15-21-35)44(43)59-24-34-18-12-8-13-19-34/h7-21,36-45,54H,22-27H2,1-6H3,(H,48,49)/t36-,37+,38+,39+,40-,41+,42+,43-,44+,45-,47-/m0/s1. The highest BCUT2D eigenvalue weighted by atomic mass is 16.8. The lowest BCUT2D eigenvalue weighted by atomic mass is 9.87. The van der Waals surface area contributed by atoms with E-state index in [4.69, 9.17) is 52.1 Å². The number of esters is 5. The maximum atomic E-state index is 14.5. The zero-order chi connectivity index (χ0) is 47.8. The van der Waals surface area contributed by atoms with Gasteiger partial charge in [-0.25, -0.2) is 4.79 Å². The second-order valence-corrected chi connectivity index (χ2v) is 15.6. The summed E-state index contributed by atoms with van der Waals surface area (Å²) in [5.74, 6) is -8.21. The number of aliphatic hydroxyl groups excluding tert-OH is 1. The molecule has 3 aromatic carbocycles. The molecule has 2 aliphatic rings. The van der Waals surface area contributed by atoms with E-state index in [0.717, 1.165) is 52.9 Å². The Bertz CT molecular complexity index is 2060. The average Bonchev–Trinajstić information content (AvgIpc) is 3.28. The first-order chi connectivity index (χ1) is 31.6. The van der Waals surface area contributed by atoms with Crippen molar-refractivity contribution in [1.29, 1.82) is 0 Å². The second-order valence-electron chi connectivity index (χ2n) is 15.6. The molecule has 2 saturated heterocycles. The Morgan fingerprint density at radius 2 is 1.29 bits per heavy atom. The minimum absolute atomic E-state index is 0.00527. The van der Waals surface area contributed by atoms with Crippen LogP contribution in [0.2, 0.25) is 0 Å². The van der Waals surface area contributed by atoms with Crippen LogP contribution in [0.15, 0.2) is 91.0 Å². The van der Waals surface area contributed by atoms with Crippen molar-refractivity contribution in [1.82, 2.24) is 5.32 Å². The van der Waals surface area contributed by atoms with Crippen LogP contribution in [-0.4, -0.2) is 128 Å². The van der Waals surface area contributed by atoms with Crippen molar-refractivity contribution in [2.45, 2.75) is 128 Å². The third kappa shape index (κ3) is 14.6. The van der Waals surface area contributed by atoms with E-state index in [1.807, 2.05) is 66.7 Å². The summed E-state index contributed by atoms with van der Waals surface area (Å²) in [7, 11) is 1.02. The first-order valence-electron chi connectivity index (χ1n) is 21.2. The molecular weight excluding hydrogens is 867 g/mol. The van der Waals surface area contributed by atoms with Crippen LogP contribution >= 0.6 is 0 Å². The number of hydrogen-bond acceptors (Lipinski definition) is 18. The van der Waals surface area contributed by atoms with Crippen LogP contribution in [0.3, 0.4) is 0 Å². The van der Waals surface area contributed by atoms with Gasteiger partial charge in [0, 0.05) is 34.6 Å². The average molecular weight is 924 g/mol. The van der Waals surface area contributed by atoms with Crippen molar-refractivity contribution >= 4 is 35.8 Å². The van der Waals surface area contributed by atoms with Crippen molar-refractivity contribution in [2.24, 2.45) is 0 Å². The molecule has 5 rings (SSSR count). The summed E-state index contributed by atoms with van der Waals surface area (Å²) in [5.41, 5.74) is 2.30. The van der Waals surface area contributed by atoms with E-state index in [-0.39, 0.29) is 26.4 Å². The summed E-state index contributed by atoms with van der Waals surface area (Å²) < 4.78 is 66.2. The van der Waals surface area contributed by atoms with E-state index in [1.54, 1.807) is 24.3 Å². The summed E-state index contributed by atoms with van der Waals surface area (Å²) in [6.45, 7) is 4.49. The molecule has 0 aliphatic carbocycles. The molecule has 3 aromatic rings. The van der Waals surface area contributed by atoms with Gasteiger partial charge in [-0.3, -0.25) is 24.0 Å². The Labute approximate surface area is 382 Å². The van der Waals surface area contributed by atoms with Crippen LogP contribution in [0.5, 0.6) is 0 Å². The molecule has 0 radical (unpaired) electrons. The summed E-state index contributed by atoms with van der Waals surface area (Å²) >= 11 is 0. The molecule has 0 saturated carbocycles. The van der Waals surface area contributed by atoms with Gasteiger partial charge in [0.05, 0.1) is 46.0 Å². The Hall–Kier alpha value is -5.80. The number of amides is 1. The quantitative estimate of drug-likeness (QED) is 0.115. The highest BCUT2D eigenvalue weighted by Crippen LogP contribution is 2.41. The number of carbonyl (C=O) groups excluding carboxylic acids is 6. The Balaban J connectivity index is 1.65. The van der Waals surface area contributed by atoms with Gasteiger partial charge in [0.15, 0.2) is 18.5 Å². The molecule has 2 aliphatic heterocycles. The van der Waals surface area contributed by atoms with Crippen LogP contribution in [0, 0.1) is 0 Å². The van der Waals surface area contributed by atoms with Gasteiger partial charge >= 0.3 is 29.8 Å². The van der Waals surface area contributed by atoms with Crippen molar-refractivity contribution < 1.29 is 86.0 Å². The van der Waals surface area contributed by atoms with Crippen LogP contribution < -0.4 is 5.32 Å². The van der Waals surface area contributed by atoms with Gasteiger partial charge in [-0.15, -0.1) is 0 Å². The van der Waals surface area contributed by atoms with E-state index < -0.39 is 116 Å². The number of ether oxygens (including phenoxy) is 11. The number of aliphatic hydroxyl groups is 1. The normalized spacial score (nSPS) is 25.9. The van der Waals surface area contributed by atoms with Gasteiger partial charge in [-0.1, -0.05) is 91.0 Å². The molecule has 2 fully saturated rings. The SMILES string of the molecule is COC(=O)[C@@]1(O[C@H]2[C@@H](O)[C@@H](COCc3ccccc3)O[C@H](OCc3ccccc3)[C@@H]2OCc2ccccc2)C[C@H](OC(C)=O)[C@@H](NC(C)=O)[C@H]([C@H](OC(C)=O)[C@@H](COC(C)=O)OC(C)=O)O1. The molecule has 0 bridgehead atoms. The number of methoxy groups -OCH3 is 1. The van der Waals surface area contributed by atoms with Crippen LogP contribution in [0.25, 0.3) is 0 Å². The fourth-order valence-electron chi connectivity index (χ4n) is 7.60. The molecule has 0 aromatic heterocycles. The van der Waals surface area contributed by atoms with Crippen LogP contribution in [0.4, 0.5) is 0 Å². The number of carbonyl (C=O) groups is 6. The molecular formula is C47H57NO18. The number of benzene rings is 3. The molecule has 2 heterocycles. The highest BCUT2D eigenvalue weighted by molar-refractivity contribution is 5.79. The Morgan fingerprint density at radius 1 is 0.727 bits per heavy atom. The molecule has 0 spiro atoms. The second kappa shape index (κ2) is 24.6. The molecule has 358 valence electrons. The topological polar surface area (TPSA) is 236 Å².